The van der Waals surface area contributed by atoms with E-state index in [1.54, 1.807) is 6.92 Å². The van der Waals surface area contributed by atoms with Gasteiger partial charge in [-0.15, -0.1) is 0 Å². The van der Waals surface area contributed by atoms with Crippen LogP contribution in [-0.4, -0.2) is 38.0 Å². The quantitative estimate of drug-likeness (QED) is 0.776. The normalized spacial score (nSPS) is 28.1. The van der Waals surface area contributed by atoms with Gasteiger partial charge in [-0.1, -0.05) is 13.3 Å². The first kappa shape index (κ1) is 21.5. The third-order valence-electron chi connectivity index (χ3n) is 6.19. The molecule has 0 radical (unpaired) electrons. The van der Waals surface area contributed by atoms with Crippen LogP contribution in [0.2, 0.25) is 0 Å². The van der Waals surface area contributed by atoms with Crippen LogP contribution >= 0.6 is 0 Å². The van der Waals surface area contributed by atoms with Gasteiger partial charge in [0.15, 0.2) is 0 Å². The lowest BCUT2D eigenvalue weighted by Crippen LogP contribution is -2.50. The van der Waals surface area contributed by atoms with E-state index in [-0.39, 0.29) is 18.3 Å². The molecule has 2 heterocycles. The number of fused-ring (bicyclic) bond motifs is 1. The molecule has 6 nitrogen and oxygen atoms in total. The summed E-state index contributed by atoms with van der Waals surface area (Å²) in [5, 5.41) is 0. The Labute approximate surface area is 166 Å². The van der Waals surface area contributed by atoms with Crippen LogP contribution in [-0.2, 0) is 21.2 Å². The number of nitrogens with one attached hydrogen (secondary N) is 1. The minimum atomic E-state index is -3.46. The van der Waals surface area contributed by atoms with Gasteiger partial charge in [-0.25, -0.2) is 17.5 Å². The summed E-state index contributed by atoms with van der Waals surface area (Å²) in [6.45, 7) is 3.98. The molecule has 1 N–H and O–H groups in total. The topological polar surface area (TPSA) is 77.4 Å². The highest BCUT2D eigenvalue weighted by atomic mass is 32.2. The molecule has 0 unspecified atom stereocenters. The zero-order chi connectivity index (χ0) is 20.5. The standard InChI is InChI=1S/C20H31FN2O4S/c1-4-14-5-7-15(8-6-14)27-12-19-17(22-28(3,25)26)9-10-18-16(21)11-13(2)20(24)23(18)19/h11,14-15,17,19,22H,4-10,12H2,1-3H3/t14?,15?,17-,19-/m0/s1. The Balaban J connectivity index is 1.85. The first-order chi connectivity index (χ1) is 13.2. The van der Waals surface area contributed by atoms with Gasteiger partial charge in [0.25, 0.3) is 5.56 Å². The molecule has 0 bridgehead atoms. The zero-order valence-electron chi connectivity index (χ0n) is 16.9. The maximum absolute atomic E-state index is 14.5. The number of aryl methyl sites for hydroxylation is 1. The lowest BCUT2D eigenvalue weighted by atomic mass is 9.86. The molecule has 1 aliphatic heterocycles. The number of ether oxygens (including phenoxy) is 1. The first-order valence-corrected chi connectivity index (χ1v) is 12.1. The van der Waals surface area contributed by atoms with Crippen LogP contribution in [0.25, 0.3) is 0 Å². The van der Waals surface area contributed by atoms with Gasteiger partial charge < -0.3 is 9.30 Å². The van der Waals surface area contributed by atoms with Crippen molar-refractivity contribution in [1.29, 1.82) is 0 Å². The summed E-state index contributed by atoms with van der Waals surface area (Å²) < 4.78 is 48.4. The molecular formula is C20H31FN2O4S. The summed E-state index contributed by atoms with van der Waals surface area (Å²) in [6.07, 6.45) is 7.33. The molecule has 1 aromatic rings. The number of halogens is 1. The molecule has 158 valence electrons. The van der Waals surface area contributed by atoms with E-state index in [1.807, 2.05) is 0 Å². The van der Waals surface area contributed by atoms with E-state index < -0.39 is 27.9 Å². The van der Waals surface area contributed by atoms with Crippen molar-refractivity contribution in [2.75, 3.05) is 12.9 Å². The monoisotopic (exact) mass is 414 g/mol. The molecule has 1 saturated carbocycles. The summed E-state index contributed by atoms with van der Waals surface area (Å²) in [5.74, 6) is 0.331. The molecule has 0 amide bonds. The van der Waals surface area contributed by atoms with Gasteiger partial charge in [0.05, 0.1) is 30.7 Å². The van der Waals surface area contributed by atoms with Gasteiger partial charge in [-0.2, -0.15) is 0 Å². The minimum Gasteiger partial charge on any atom is -0.376 e. The van der Waals surface area contributed by atoms with Crippen LogP contribution in [0.3, 0.4) is 0 Å². The van der Waals surface area contributed by atoms with E-state index in [2.05, 4.69) is 11.6 Å². The number of sulfonamides is 1. The van der Waals surface area contributed by atoms with E-state index in [0.717, 1.165) is 37.9 Å². The second kappa shape index (κ2) is 8.63. The molecule has 2 aliphatic rings. The Morgan fingerprint density at radius 3 is 2.54 bits per heavy atom. The summed E-state index contributed by atoms with van der Waals surface area (Å²) in [6, 6.07) is 0.222. The van der Waals surface area contributed by atoms with Gasteiger partial charge in [0, 0.05) is 11.6 Å². The third kappa shape index (κ3) is 4.83. The van der Waals surface area contributed by atoms with E-state index in [0.29, 0.717) is 24.1 Å². The fourth-order valence-electron chi connectivity index (χ4n) is 4.56. The summed E-state index contributed by atoms with van der Waals surface area (Å²) in [7, 11) is -3.46. The number of rotatable bonds is 6. The Bertz CT molecular complexity index is 860. The fourth-order valence-corrected chi connectivity index (χ4v) is 5.39. The Hall–Kier alpha value is -1.25. The maximum Gasteiger partial charge on any atom is 0.254 e. The van der Waals surface area contributed by atoms with Crippen LogP contribution < -0.4 is 10.3 Å². The van der Waals surface area contributed by atoms with Crippen molar-refractivity contribution in [3.63, 3.8) is 0 Å². The van der Waals surface area contributed by atoms with Crippen LogP contribution in [0, 0.1) is 18.7 Å². The molecule has 0 spiro atoms. The van der Waals surface area contributed by atoms with Crippen molar-refractivity contribution in [2.24, 2.45) is 5.92 Å². The van der Waals surface area contributed by atoms with Crippen LogP contribution in [0.1, 0.15) is 62.7 Å². The average molecular weight is 415 g/mol. The van der Waals surface area contributed by atoms with Crippen molar-refractivity contribution in [3.8, 4) is 0 Å². The van der Waals surface area contributed by atoms with Gasteiger partial charge in [-0.05, 0) is 57.4 Å². The van der Waals surface area contributed by atoms with Crippen molar-refractivity contribution in [2.45, 2.75) is 77.0 Å². The van der Waals surface area contributed by atoms with E-state index >= 15 is 0 Å². The lowest BCUT2D eigenvalue weighted by molar-refractivity contribution is -0.00720. The highest BCUT2D eigenvalue weighted by Crippen LogP contribution is 2.31. The number of aromatic nitrogens is 1. The summed E-state index contributed by atoms with van der Waals surface area (Å²) >= 11 is 0. The molecule has 1 aromatic heterocycles. The smallest absolute Gasteiger partial charge is 0.254 e. The van der Waals surface area contributed by atoms with Gasteiger partial charge in [0.1, 0.15) is 5.82 Å². The lowest BCUT2D eigenvalue weighted by Gasteiger charge is -2.37. The predicted octanol–water partition coefficient (Wildman–Crippen LogP) is 2.69. The second-order valence-corrected chi connectivity index (χ2v) is 10.1. The second-order valence-electron chi connectivity index (χ2n) is 8.28. The molecular weight excluding hydrogens is 383 g/mol. The highest BCUT2D eigenvalue weighted by Gasteiger charge is 2.35. The van der Waals surface area contributed by atoms with Gasteiger partial charge in [-0.3, -0.25) is 4.79 Å². The number of pyridine rings is 1. The van der Waals surface area contributed by atoms with E-state index in [4.69, 9.17) is 4.74 Å². The highest BCUT2D eigenvalue weighted by molar-refractivity contribution is 7.88. The van der Waals surface area contributed by atoms with Crippen LogP contribution in [0.15, 0.2) is 10.9 Å². The third-order valence-corrected chi connectivity index (χ3v) is 6.92. The predicted molar refractivity (Wildman–Crippen MR) is 107 cm³/mol. The largest absolute Gasteiger partial charge is 0.376 e. The zero-order valence-corrected chi connectivity index (χ0v) is 17.7. The van der Waals surface area contributed by atoms with Crippen molar-refractivity contribution in [1.82, 2.24) is 9.29 Å². The average Bonchev–Trinajstić information content (AvgIpc) is 2.64. The van der Waals surface area contributed by atoms with Crippen LogP contribution in [0.5, 0.6) is 0 Å². The molecule has 8 heteroatoms. The number of nitrogens with zero attached hydrogens (tertiary/aromatic N) is 1. The first-order valence-electron chi connectivity index (χ1n) is 10.2. The fraction of sp³-hybridized carbons (Fsp3) is 0.750. The van der Waals surface area contributed by atoms with Crippen molar-refractivity contribution in [3.05, 3.63) is 33.5 Å². The summed E-state index contributed by atoms with van der Waals surface area (Å²) in [4.78, 5) is 12.8. The Morgan fingerprint density at radius 1 is 1.25 bits per heavy atom. The van der Waals surface area contributed by atoms with E-state index in [1.165, 1.54) is 17.1 Å². The Morgan fingerprint density at radius 2 is 1.93 bits per heavy atom. The summed E-state index contributed by atoms with van der Waals surface area (Å²) in [5.41, 5.74) is 0.375. The molecule has 2 atom stereocenters. The molecule has 3 rings (SSSR count). The SMILES string of the molecule is CCC1CCC(OC[C@H]2[C@@H](NS(C)(=O)=O)CCc3c(F)cc(C)c(=O)n32)CC1. The maximum atomic E-state index is 14.5. The van der Waals surface area contributed by atoms with E-state index in [9.17, 15) is 17.6 Å². The van der Waals surface area contributed by atoms with Crippen LogP contribution in [0.4, 0.5) is 4.39 Å². The molecule has 28 heavy (non-hydrogen) atoms. The van der Waals surface area contributed by atoms with Crippen molar-refractivity contribution < 1.29 is 17.5 Å². The number of hydrogen-bond acceptors (Lipinski definition) is 4. The van der Waals surface area contributed by atoms with Gasteiger partial charge in [0.2, 0.25) is 10.0 Å². The number of hydrogen-bond donors (Lipinski definition) is 1. The Kier molecular flexibility index (Phi) is 6.61. The minimum absolute atomic E-state index is 0.109. The molecule has 1 aliphatic carbocycles. The molecule has 1 fully saturated rings. The molecule has 0 aromatic carbocycles. The molecule has 0 saturated heterocycles. The van der Waals surface area contributed by atoms with Gasteiger partial charge >= 0.3 is 0 Å². The van der Waals surface area contributed by atoms with Crippen molar-refractivity contribution >= 4 is 10.0 Å².